The quantitative estimate of drug-likeness (QED) is 0.673. The molecule has 2 aliphatic heterocycles. The fraction of sp³-hybridized carbons (Fsp3) is 0.700. The van der Waals surface area contributed by atoms with Crippen LogP contribution >= 0.6 is 0 Å². The molecule has 0 unspecified atom stereocenters. The fourth-order valence-corrected chi connectivity index (χ4v) is 2.01. The maximum atomic E-state index is 11.6. The summed E-state index contributed by atoms with van der Waals surface area (Å²) in [7, 11) is 0. The van der Waals surface area contributed by atoms with E-state index in [9.17, 15) is 9.59 Å². The van der Waals surface area contributed by atoms with E-state index in [2.05, 4.69) is 10.3 Å². The van der Waals surface area contributed by atoms with Gasteiger partial charge in [0, 0.05) is 13.1 Å². The van der Waals surface area contributed by atoms with Crippen molar-refractivity contribution in [1.82, 2.24) is 10.2 Å². The van der Waals surface area contributed by atoms with Gasteiger partial charge >= 0.3 is 5.97 Å². The van der Waals surface area contributed by atoms with Crippen molar-refractivity contribution >= 4 is 17.8 Å². The highest BCUT2D eigenvalue weighted by Gasteiger charge is 2.29. The predicted octanol–water partition coefficient (Wildman–Crippen LogP) is -0.341. The Kier molecular flexibility index (Phi) is 3.07. The second-order valence-corrected chi connectivity index (χ2v) is 4.14. The lowest BCUT2D eigenvalue weighted by atomic mass is 10.0. The van der Waals surface area contributed by atoms with Crippen LogP contribution in [0.5, 0.6) is 0 Å². The Hall–Kier alpha value is -1.59. The lowest BCUT2D eigenvalue weighted by Gasteiger charge is -2.26. The molecule has 1 atom stereocenters. The van der Waals surface area contributed by atoms with Crippen LogP contribution in [0.1, 0.15) is 19.3 Å². The first-order valence-electron chi connectivity index (χ1n) is 5.49. The van der Waals surface area contributed by atoms with Crippen LogP contribution in [0.3, 0.4) is 0 Å². The van der Waals surface area contributed by atoms with Gasteiger partial charge in [-0.25, -0.2) is 0 Å². The monoisotopic (exact) mass is 225 g/mol. The highest BCUT2D eigenvalue weighted by molar-refractivity contribution is 6.00. The molecule has 88 valence electrons. The van der Waals surface area contributed by atoms with Crippen LogP contribution in [0.4, 0.5) is 0 Å². The van der Waals surface area contributed by atoms with Crippen LogP contribution < -0.4 is 5.32 Å². The van der Waals surface area contributed by atoms with Gasteiger partial charge in [0.1, 0.15) is 0 Å². The Morgan fingerprint density at radius 1 is 1.50 bits per heavy atom. The van der Waals surface area contributed by atoms with E-state index in [0.29, 0.717) is 5.96 Å². The van der Waals surface area contributed by atoms with Crippen LogP contribution in [0, 0.1) is 5.92 Å². The smallest absolute Gasteiger partial charge is 0.304 e. The summed E-state index contributed by atoms with van der Waals surface area (Å²) in [5, 5.41) is 11.3. The van der Waals surface area contributed by atoms with E-state index in [4.69, 9.17) is 5.11 Å². The molecule has 2 heterocycles. The molecule has 1 amide bonds. The first-order valence-corrected chi connectivity index (χ1v) is 5.49. The van der Waals surface area contributed by atoms with Crippen molar-refractivity contribution in [2.75, 3.05) is 19.6 Å². The van der Waals surface area contributed by atoms with Crippen LogP contribution in [0.25, 0.3) is 0 Å². The molecule has 0 aromatic heterocycles. The number of aliphatic imine (C=N–C) groups is 1. The molecule has 2 rings (SSSR count). The summed E-state index contributed by atoms with van der Waals surface area (Å²) < 4.78 is 0. The zero-order chi connectivity index (χ0) is 11.5. The molecular formula is C10H15N3O3. The third kappa shape index (κ3) is 2.32. The number of rotatable bonds is 2. The third-order valence-electron chi connectivity index (χ3n) is 2.89. The Labute approximate surface area is 93.3 Å². The minimum atomic E-state index is -0.958. The van der Waals surface area contributed by atoms with E-state index >= 15 is 0 Å². The molecule has 6 heteroatoms. The van der Waals surface area contributed by atoms with E-state index in [1.54, 1.807) is 0 Å². The highest BCUT2D eigenvalue weighted by atomic mass is 16.4. The third-order valence-corrected chi connectivity index (χ3v) is 2.89. The van der Waals surface area contributed by atoms with Crippen LogP contribution in [0.2, 0.25) is 0 Å². The Morgan fingerprint density at radius 2 is 2.19 bits per heavy atom. The van der Waals surface area contributed by atoms with Crippen molar-refractivity contribution in [2.45, 2.75) is 19.3 Å². The topological polar surface area (TPSA) is 82.0 Å². The number of carboxylic acid groups (broad SMARTS) is 1. The van der Waals surface area contributed by atoms with Crippen LogP contribution in [-0.2, 0) is 9.59 Å². The molecule has 1 fully saturated rings. The number of hydrogen-bond acceptors (Lipinski definition) is 4. The average Bonchev–Trinajstić information content (AvgIpc) is 2.73. The molecule has 0 bridgehead atoms. The van der Waals surface area contributed by atoms with Crippen molar-refractivity contribution in [3.05, 3.63) is 0 Å². The van der Waals surface area contributed by atoms with Gasteiger partial charge in [0.15, 0.2) is 0 Å². The van der Waals surface area contributed by atoms with Crippen molar-refractivity contribution < 1.29 is 14.7 Å². The first kappa shape index (κ1) is 10.9. The van der Waals surface area contributed by atoms with E-state index in [-0.39, 0.29) is 18.9 Å². The van der Waals surface area contributed by atoms with Gasteiger partial charge in [-0.3, -0.25) is 19.9 Å². The van der Waals surface area contributed by atoms with E-state index in [1.807, 2.05) is 4.90 Å². The zero-order valence-corrected chi connectivity index (χ0v) is 8.98. The van der Waals surface area contributed by atoms with Crippen molar-refractivity contribution in [1.29, 1.82) is 0 Å². The summed E-state index contributed by atoms with van der Waals surface area (Å²) in [6.45, 7) is 2.12. The number of amides is 1. The summed E-state index contributed by atoms with van der Waals surface area (Å²) in [6, 6.07) is 0. The normalized spacial score (nSPS) is 25.2. The van der Waals surface area contributed by atoms with Crippen LogP contribution in [0.15, 0.2) is 4.99 Å². The van der Waals surface area contributed by atoms with Gasteiger partial charge in [-0.2, -0.15) is 0 Å². The average molecular weight is 225 g/mol. The number of carbonyl (C=O) groups is 2. The van der Waals surface area contributed by atoms with Gasteiger partial charge in [0.25, 0.3) is 0 Å². The lowest BCUT2D eigenvalue weighted by Crippen LogP contribution is -2.49. The summed E-state index contributed by atoms with van der Waals surface area (Å²) in [5.41, 5.74) is 0. The molecule has 6 nitrogen and oxygen atoms in total. The van der Waals surface area contributed by atoms with Gasteiger partial charge in [-0.05, 0) is 12.8 Å². The minimum absolute atomic E-state index is 0.150. The van der Waals surface area contributed by atoms with Crippen molar-refractivity contribution in [3.63, 3.8) is 0 Å². The Bertz CT molecular complexity index is 334. The minimum Gasteiger partial charge on any atom is -0.481 e. The molecule has 1 saturated heterocycles. The van der Waals surface area contributed by atoms with E-state index in [1.165, 1.54) is 0 Å². The van der Waals surface area contributed by atoms with Gasteiger partial charge < -0.3 is 10.0 Å². The number of carbonyl (C=O) groups excluding carboxylic acids is 1. The largest absolute Gasteiger partial charge is 0.481 e. The zero-order valence-electron chi connectivity index (χ0n) is 8.98. The number of likely N-dealkylation sites (tertiary alicyclic amines) is 1. The van der Waals surface area contributed by atoms with E-state index in [0.717, 1.165) is 25.9 Å². The fourth-order valence-electron chi connectivity index (χ4n) is 2.01. The highest BCUT2D eigenvalue weighted by Crippen LogP contribution is 2.13. The lowest BCUT2D eigenvalue weighted by molar-refractivity contribution is -0.140. The predicted molar refractivity (Wildman–Crippen MR) is 57.0 cm³/mol. The Balaban J connectivity index is 1.97. The molecule has 16 heavy (non-hydrogen) atoms. The molecule has 0 aliphatic carbocycles. The molecule has 0 aromatic carbocycles. The number of aliphatic carboxylic acids is 1. The van der Waals surface area contributed by atoms with Gasteiger partial charge in [0.2, 0.25) is 11.9 Å². The number of guanidine groups is 1. The van der Waals surface area contributed by atoms with Crippen molar-refractivity contribution in [2.24, 2.45) is 10.9 Å². The first-order chi connectivity index (χ1) is 7.66. The second kappa shape index (κ2) is 4.51. The Morgan fingerprint density at radius 3 is 2.75 bits per heavy atom. The molecular weight excluding hydrogens is 210 g/mol. The van der Waals surface area contributed by atoms with Crippen molar-refractivity contribution in [3.8, 4) is 0 Å². The standard InChI is InChI=1S/C10H15N3O3/c14-8(15)5-7-6-11-10(12-9(7)16)13-3-1-2-4-13/h7H,1-6H2,(H,14,15)(H,11,12,16)/t7-/m0/s1. The van der Waals surface area contributed by atoms with Gasteiger partial charge in [0.05, 0.1) is 18.9 Å². The molecule has 2 aliphatic rings. The maximum Gasteiger partial charge on any atom is 0.304 e. The number of nitrogens with zero attached hydrogens (tertiary/aromatic N) is 2. The molecule has 0 saturated carbocycles. The second-order valence-electron chi connectivity index (χ2n) is 4.14. The molecule has 0 radical (unpaired) electrons. The molecule has 0 spiro atoms. The number of carboxylic acids is 1. The summed E-state index contributed by atoms with van der Waals surface area (Å²) in [5.74, 6) is -1.09. The maximum absolute atomic E-state index is 11.6. The molecule has 2 N–H and O–H groups in total. The number of nitrogens with one attached hydrogen (secondary N) is 1. The summed E-state index contributed by atoms with van der Waals surface area (Å²) in [6.07, 6.45) is 2.09. The van der Waals surface area contributed by atoms with Crippen LogP contribution in [-0.4, -0.2) is 47.5 Å². The van der Waals surface area contributed by atoms with Gasteiger partial charge in [-0.15, -0.1) is 0 Å². The molecule has 0 aromatic rings. The SMILES string of the molecule is O=C(O)C[C@H]1CN=C(N2CCCC2)NC1=O. The summed E-state index contributed by atoms with van der Waals surface area (Å²) in [4.78, 5) is 28.4. The van der Waals surface area contributed by atoms with Gasteiger partial charge in [-0.1, -0.05) is 0 Å². The van der Waals surface area contributed by atoms with E-state index < -0.39 is 11.9 Å². The summed E-state index contributed by atoms with van der Waals surface area (Å²) >= 11 is 0. The number of hydrogen-bond donors (Lipinski definition) is 2.